The summed E-state index contributed by atoms with van der Waals surface area (Å²) < 4.78 is 0. The number of aromatic amines is 1. The van der Waals surface area contributed by atoms with Gasteiger partial charge in [0.25, 0.3) is 5.56 Å². The maximum atomic E-state index is 11.2. The number of anilines is 1. The Labute approximate surface area is 104 Å². The maximum Gasteiger partial charge on any atom is 0.252 e. The summed E-state index contributed by atoms with van der Waals surface area (Å²) >= 11 is 1.72. The van der Waals surface area contributed by atoms with Gasteiger partial charge in [0.15, 0.2) is 0 Å². The Morgan fingerprint density at radius 2 is 2.47 bits per heavy atom. The van der Waals surface area contributed by atoms with Gasteiger partial charge in [-0.05, 0) is 17.9 Å². The fourth-order valence-electron chi connectivity index (χ4n) is 1.69. The lowest BCUT2D eigenvalue weighted by atomic mass is 10.1. The summed E-state index contributed by atoms with van der Waals surface area (Å²) in [5.74, 6) is 0.626. The zero-order valence-electron chi connectivity index (χ0n) is 9.64. The van der Waals surface area contributed by atoms with Crippen LogP contribution >= 0.6 is 11.3 Å². The van der Waals surface area contributed by atoms with Crippen LogP contribution in [0.2, 0.25) is 0 Å². The molecule has 4 nitrogen and oxygen atoms in total. The molecule has 5 heteroatoms. The van der Waals surface area contributed by atoms with E-state index in [1.54, 1.807) is 11.3 Å². The fourth-order valence-corrected chi connectivity index (χ4v) is 2.50. The van der Waals surface area contributed by atoms with Gasteiger partial charge < -0.3 is 10.3 Å². The number of thiophene rings is 1. The zero-order valence-corrected chi connectivity index (χ0v) is 10.5. The average Bonchev–Trinajstić information content (AvgIpc) is 2.82. The van der Waals surface area contributed by atoms with Gasteiger partial charge in [-0.3, -0.25) is 4.79 Å². The van der Waals surface area contributed by atoms with Gasteiger partial charge in [-0.25, -0.2) is 4.98 Å². The van der Waals surface area contributed by atoms with Crippen molar-refractivity contribution in [2.45, 2.75) is 25.8 Å². The van der Waals surface area contributed by atoms with Gasteiger partial charge in [-0.1, -0.05) is 19.4 Å². The Bertz CT molecular complexity index is 506. The van der Waals surface area contributed by atoms with Crippen LogP contribution in [0.25, 0.3) is 0 Å². The Balaban J connectivity index is 2.16. The Kier molecular flexibility index (Phi) is 3.93. The highest BCUT2D eigenvalue weighted by Gasteiger charge is 2.11. The molecule has 0 saturated carbocycles. The van der Waals surface area contributed by atoms with Crippen molar-refractivity contribution in [2.75, 3.05) is 5.32 Å². The van der Waals surface area contributed by atoms with E-state index in [4.69, 9.17) is 0 Å². The topological polar surface area (TPSA) is 57.8 Å². The number of aromatic nitrogens is 2. The number of hydrogen-bond donors (Lipinski definition) is 2. The van der Waals surface area contributed by atoms with E-state index in [1.165, 1.54) is 17.3 Å². The first kappa shape index (κ1) is 11.9. The molecule has 2 rings (SSSR count). The van der Waals surface area contributed by atoms with Crippen LogP contribution in [0.3, 0.4) is 0 Å². The quantitative estimate of drug-likeness (QED) is 0.856. The van der Waals surface area contributed by atoms with Crippen LogP contribution in [0.4, 0.5) is 5.82 Å². The molecule has 17 heavy (non-hydrogen) atoms. The van der Waals surface area contributed by atoms with Crippen LogP contribution in [0.1, 0.15) is 30.7 Å². The van der Waals surface area contributed by atoms with Crippen molar-refractivity contribution >= 4 is 17.2 Å². The van der Waals surface area contributed by atoms with E-state index >= 15 is 0 Å². The van der Waals surface area contributed by atoms with Crippen molar-refractivity contribution < 1.29 is 0 Å². The van der Waals surface area contributed by atoms with Gasteiger partial charge in [0.1, 0.15) is 5.82 Å². The Morgan fingerprint density at radius 3 is 3.12 bits per heavy atom. The smallest absolute Gasteiger partial charge is 0.252 e. The van der Waals surface area contributed by atoms with Crippen molar-refractivity contribution in [3.63, 3.8) is 0 Å². The van der Waals surface area contributed by atoms with Crippen molar-refractivity contribution in [2.24, 2.45) is 0 Å². The molecular weight excluding hydrogens is 234 g/mol. The third-order valence-corrected chi connectivity index (χ3v) is 3.45. The van der Waals surface area contributed by atoms with Crippen molar-refractivity contribution in [3.05, 3.63) is 45.1 Å². The molecular formula is C12H15N3OS. The van der Waals surface area contributed by atoms with Crippen LogP contribution < -0.4 is 10.9 Å². The second-order valence-electron chi connectivity index (χ2n) is 3.80. The molecule has 2 heterocycles. The first-order chi connectivity index (χ1) is 8.29. The van der Waals surface area contributed by atoms with E-state index in [0.29, 0.717) is 5.82 Å². The predicted octanol–water partition coefficient (Wildman–Crippen LogP) is 2.78. The first-order valence-corrected chi connectivity index (χ1v) is 6.52. The molecule has 1 atom stereocenters. The second kappa shape index (κ2) is 5.63. The SMILES string of the molecule is CCCC(Nc1cc(=O)[nH]cn1)c1cccs1. The van der Waals surface area contributed by atoms with E-state index in [1.807, 2.05) is 6.07 Å². The Morgan fingerprint density at radius 1 is 1.59 bits per heavy atom. The minimum absolute atomic E-state index is 0.135. The molecule has 0 amide bonds. The summed E-state index contributed by atoms with van der Waals surface area (Å²) in [4.78, 5) is 19.1. The molecule has 0 aliphatic rings. The fraction of sp³-hybridized carbons (Fsp3) is 0.333. The molecule has 0 aliphatic heterocycles. The Hall–Kier alpha value is -1.62. The van der Waals surface area contributed by atoms with Gasteiger partial charge in [0.2, 0.25) is 0 Å². The van der Waals surface area contributed by atoms with Crippen molar-refractivity contribution in [3.8, 4) is 0 Å². The van der Waals surface area contributed by atoms with Crippen LogP contribution in [0, 0.1) is 0 Å². The standard InChI is InChI=1S/C12H15N3OS/c1-2-4-9(10-5-3-6-17-10)15-11-7-12(16)14-8-13-11/h3,5-9H,2,4H2,1H3,(H2,13,14,15,16). The monoisotopic (exact) mass is 249 g/mol. The van der Waals surface area contributed by atoms with Gasteiger partial charge >= 0.3 is 0 Å². The minimum atomic E-state index is -0.135. The van der Waals surface area contributed by atoms with Crippen LogP contribution in [-0.2, 0) is 0 Å². The van der Waals surface area contributed by atoms with Crippen LogP contribution in [-0.4, -0.2) is 9.97 Å². The van der Waals surface area contributed by atoms with Crippen molar-refractivity contribution in [1.82, 2.24) is 9.97 Å². The largest absolute Gasteiger partial charge is 0.362 e. The normalized spacial score (nSPS) is 12.3. The highest BCUT2D eigenvalue weighted by atomic mass is 32.1. The highest BCUT2D eigenvalue weighted by Crippen LogP contribution is 2.26. The number of nitrogens with zero attached hydrogens (tertiary/aromatic N) is 1. The van der Waals surface area contributed by atoms with Crippen molar-refractivity contribution in [1.29, 1.82) is 0 Å². The molecule has 2 aromatic rings. The van der Waals surface area contributed by atoms with E-state index in [2.05, 4.69) is 33.7 Å². The lowest BCUT2D eigenvalue weighted by Gasteiger charge is -2.16. The number of hydrogen-bond acceptors (Lipinski definition) is 4. The van der Waals surface area contributed by atoms with E-state index < -0.39 is 0 Å². The molecule has 0 bridgehead atoms. The van der Waals surface area contributed by atoms with E-state index in [0.717, 1.165) is 12.8 Å². The van der Waals surface area contributed by atoms with E-state index in [9.17, 15) is 4.79 Å². The molecule has 0 saturated heterocycles. The molecule has 0 aliphatic carbocycles. The maximum absolute atomic E-state index is 11.2. The summed E-state index contributed by atoms with van der Waals surface area (Å²) in [6, 6.07) is 5.85. The predicted molar refractivity (Wildman–Crippen MR) is 70.4 cm³/mol. The molecule has 0 aromatic carbocycles. The van der Waals surface area contributed by atoms with Gasteiger partial charge in [0, 0.05) is 10.9 Å². The minimum Gasteiger partial charge on any atom is -0.362 e. The molecule has 90 valence electrons. The lowest BCUT2D eigenvalue weighted by molar-refractivity contribution is 0.684. The van der Waals surface area contributed by atoms with E-state index in [-0.39, 0.29) is 11.6 Å². The third kappa shape index (κ3) is 3.17. The highest BCUT2D eigenvalue weighted by molar-refractivity contribution is 7.10. The lowest BCUT2D eigenvalue weighted by Crippen LogP contribution is -2.13. The third-order valence-electron chi connectivity index (χ3n) is 2.46. The summed E-state index contributed by atoms with van der Waals surface area (Å²) in [5.41, 5.74) is -0.135. The number of H-pyrrole nitrogens is 1. The van der Waals surface area contributed by atoms with Gasteiger partial charge in [-0.15, -0.1) is 11.3 Å². The summed E-state index contributed by atoms with van der Waals surface area (Å²) in [7, 11) is 0. The van der Waals surface area contributed by atoms with Gasteiger partial charge in [0.05, 0.1) is 12.4 Å². The molecule has 1 unspecified atom stereocenters. The second-order valence-corrected chi connectivity index (χ2v) is 4.78. The molecule has 0 spiro atoms. The number of nitrogens with one attached hydrogen (secondary N) is 2. The molecule has 2 N–H and O–H groups in total. The summed E-state index contributed by atoms with van der Waals surface area (Å²) in [6.45, 7) is 2.15. The van der Waals surface area contributed by atoms with Crippen LogP contribution in [0.15, 0.2) is 34.7 Å². The first-order valence-electron chi connectivity index (χ1n) is 5.64. The summed E-state index contributed by atoms with van der Waals surface area (Å²) in [6.07, 6.45) is 3.52. The molecule has 0 radical (unpaired) electrons. The van der Waals surface area contributed by atoms with Crippen LogP contribution in [0.5, 0.6) is 0 Å². The number of rotatable bonds is 5. The summed E-state index contributed by atoms with van der Waals surface area (Å²) in [5, 5.41) is 5.36. The molecule has 2 aromatic heterocycles. The zero-order chi connectivity index (χ0) is 12.1. The van der Waals surface area contributed by atoms with Gasteiger partial charge in [-0.2, -0.15) is 0 Å². The average molecular weight is 249 g/mol. The molecule has 0 fully saturated rings.